The standard InChI is InChI=1S/C18H19NO5S2/c1-2-23-14-7-9-15(10-8-14)26(21,22)19-13-18(20,16-5-3-11-24-16)17-6-4-12-25-17/h3-12,19-20H,2,13H2,1H3. The molecule has 0 aliphatic rings. The Labute approximate surface area is 156 Å². The molecule has 1 aromatic carbocycles. The van der Waals surface area contributed by atoms with Gasteiger partial charge < -0.3 is 14.3 Å². The van der Waals surface area contributed by atoms with Crippen LogP contribution in [-0.2, 0) is 15.6 Å². The fourth-order valence-corrected chi connectivity index (χ4v) is 4.38. The van der Waals surface area contributed by atoms with Crippen molar-refractivity contribution in [1.82, 2.24) is 4.72 Å². The van der Waals surface area contributed by atoms with Gasteiger partial charge in [-0.2, -0.15) is 0 Å². The van der Waals surface area contributed by atoms with Crippen molar-refractivity contribution in [3.63, 3.8) is 0 Å². The van der Waals surface area contributed by atoms with Gasteiger partial charge in [0, 0.05) is 4.88 Å². The van der Waals surface area contributed by atoms with Crippen molar-refractivity contribution in [2.45, 2.75) is 17.4 Å². The predicted octanol–water partition coefficient (Wildman–Crippen LogP) is 2.95. The summed E-state index contributed by atoms with van der Waals surface area (Å²) in [6.07, 6.45) is 1.44. The third kappa shape index (κ3) is 3.83. The molecular weight excluding hydrogens is 374 g/mol. The highest BCUT2D eigenvalue weighted by Crippen LogP contribution is 2.33. The van der Waals surface area contributed by atoms with Crippen LogP contribution in [-0.4, -0.2) is 26.7 Å². The Bertz CT molecular complexity index is 882. The van der Waals surface area contributed by atoms with Crippen molar-refractivity contribution < 1.29 is 22.7 Å². The van der Waals surface area contributed by atoms with Crippen molar-refractivity contribution in [3.05, 3.63) is 70.8 Å². The summed E-state index contributed by atoms with van der Waals surface area (Å²) in [4.78, 5) is 0.677. The Kier molecular flexibility index (Phi) is 5.47. The van der Waals surface area contributed by atoms with Crippen LogP contribution >= 0.6 is 11.3 Å². The summed E-state index contributed by atoms with van der Waals surface area (Å²) < 4.78 is 38.3. The van der Waals surface area contributed by atoms with E-state index in [1.807, 2.05) is 12.3 Å². The van der Waals surface area contributed by atoms with Crippen LogP contribution in [0.15, 0.2) is 69.5 Å². The van der Waals surface area contributed by atoms with Crippen LogP contribution in [0.2, 0.25) is 0 Å². The number of furan rings is 1. The highest BCUT2D eigenvalue weighted by molar-refractivity contribution is 7.89. The molecule has 0 amide bonds. The summed E-state index contributed by atoms with van der Waals surface area (Å²) >= 11 is 1.32. The fourth-order valence-electron chi connectivity index (χ4n) is 2.49. The maximum Gasteiger partial charge on any atom is 0.240 e. The number of hydrogen-bond donors (Lipinski definition) is 2. The van der Waals surface area contributed by atoms with Gasteiger partial charge in [0.25, 0.3) is 0 Å². The van der Waals surface area contributed by atoms with Gasteiger partial charge in [-0.1, -0.05) is 6.07 Å². The van der Waals surface area contributed by atoms with E-state index in [1.165, 1.54) is 29.7 Å². The lowest BCUT2D eigenvalue weighted by Crippen LogP contribution is -2.40. The molecule has 2 aromatic heterocycles. The van der Waals surface area contributed by atoms with Crippen LogP contribution in [0.5, 0.6) is 5.75 Å². The van der Waals surface area contributed by atoms with E-state index in [2.05, 4.69) is 4.72 Å². The van der Waals surface area contributed by atoms with Crippen molar-refractivity contribution in [1.29, 1.82) is 0 Å². The highest BCUT2D eigenvalue weighted by Gasteiger charge is 2.37. The second kappa shape index (κ2) is 7.63. The van der Waals surface area contributed by atoms with Crippen molar-refractivity contribution in [3.8, 4) is 5.75 Å². The molecule has 8 heteroatoms. The van der Waals surface area contributed by atoms with E-state index in [0.717, 1.165) is 0 Å². The van der Waals surface area contributed by atoms with Crippen LogP contribution < -0.4 is 9.46 Å². The number of thiophene rings is 1. The van der Waals surface area contributed by atoms with Crippen LogP contribution in [0.4, 0.5) is 0 Å². The Balaban J connectivity index is 1.82. The molecule has 138 valence electrons. The molecule has 0 fully saturated rings. The van der Waals surface area contributed by atoms with Gasteiger partial charge in [0.2, 0.25) is 10.0 Å². The van der Waals surface area contributed by atoms with Crippen molar-refractivity contribution >= 4 is 21.4 Å². The quantitative estimate of drug-likeness (QED) is 0.614. The van der Waals surface area contributed by atoms with E-state index in [-0.39, 0.29) is 17.2 Å². The highest BCUT2D eigenvalue weighted by atomic mass is 32.2. The Morgan fingerprint density at radius 3 is 2.54 bits per heavy atom. The molecule has 0 saturated heterocycles. The minimum Gasteiger partial charge on any atom is -0.494 e. The molecule has 2 heterocycles. The predicted molar refractivity (Wildman–Crippen MR) is 98.8 cm³/mol. The SMILES string of the molecule is CCOc1ccc(S(=O)(=O)NCC(O)(c2ccco2)c2cccs2)cc1. The average Bonchev–Trinajstić information content (AvgIpc) is 3.34. The molecular formula is C18H19NO5S2. The molecule has 0 spiro atoms. The first-order chi connectivity index (χ1) is 12.5. The van der Waals surface area contributed by atoms with E-state index in [9.17, 15) is 13.5 Å². The number of nitrogens with one attached hydrogen (secondary N) is 1. The van der Waals surface area contributed by atoms with Crippen molar-refractivity contribution in [2.75, 3.05) is 13.2 Å². The van der Waals surface area contributed by atoms with Gasteiger partial charge in [-0.25, -0.2) is 13.1 Å². The van der Waals surface area contributed by atoms with Gasteiger partial charge in [-0.15, -0.1) is 11.3 Å². The number of ether oxygens (including phenoxy) is 1. The van der Waals surface area contributed by atoms with Crippen LogP contribution in [0, 0.1) is 0 Å². The van der Waals surface area contributed by atoms with E-state index in [1.54, 1.807) is 36.4 Å². The van der Waals surface area contributed by atoms with E-state index in [0.29, 0.717) is 17.2 Å². The summed E-state index contributed by atoms with van der Waals surface area (Å²) in [6, 6.07) is 12.9. The normalized spacial score (nSPS) is 14.1. The van der Waals surface area contributed by atoms with Gasteiger partial charge in [-0.05, 0) is 54.8 Å². The first-order valence-electron chi connectivity index (χ1n) is 7.98. The molecule has 0 radical (unpaired) electrons. The van der Waals surface area contributed by atoms with Crippen LogP contribution in [0.3, 0.4) is 0 Å². The second-order valence-corrected chi connectivity index (χ2v) is 8.26. The number of aliphatic hydroxyl groups is 1. The molecule has 0 aliphatic carbocycles. The molecule has 0 saturated carbocycles. The second-order valence-electron chi connectivity index (χ2n) is 5.54. The zero-order valence-corrected chi connectivity index (χ0v) is 15.7. The smallest absolute Gasteiger partial charge is 0.240 e. The van der Waals surface area contributed by atoms with Gasteiger partial charge in [0.05, 0.1) is 24.3 Å². The largest absolute Gasteiger partial charge is 0.494 e. The summed E-state index contributed by atoms with van der Waals surface area (Å²) in [5, 5.41) is 12.9. The first kappa shape index (κ1) is 18.7. The van der Waals surface area contributed by atoms with Crippen molar-refractivity contribution in [2.24, 2.45) is 0 Å². The van der Waals surface area contributed by atoms with Gasteiger partial charge >= 0.3 is 0 Å². The van der Waals surface area contributed by atoms with Gasteiger partial charge in [-0.3, -0.25) is 0 Å². The maximum absolute atomic E-state index is 12.6. The third-order valence-corrected chi connectivity index (χ3v) is 6.26. The molecule has 3 aromatic rings. The Morgan fingerprint density at radius 1 is 1.19 bits per heavy atom. The number of sulfonamides is 1. The fraction of sp³-hybridized carbons (Fsp3) is 0.222. The molecule has 3 rings (SSSR count). The van der Waals surface area contributed by atoms with E-state index >= 15 is 0 Å². The topological polar surface area (TPSA) is 88.8 Å². The number of benzene rings is 1. The molecule has 2 N–H and O–H groups in total. The van der Waals surface area contributed by atoms with Crippen LogP contribution in [0.1, 0.15) is 17.6 Å². The monoisotopic (exact) mass is 393 g/mol. The number of rotatable bonds is 8. The molecule has 0 bridgehead atoms. The molecule has 1 unspecified atom stereocenters. The van der Waals surface area contributed by atoms with E-state index < -0.39 is 15.6 Å². The first-order valence-corrected chi connectivity index (χ1v) is 10.3. The maximum atomic E-state index is 12.6. The third-order valence-electron chi connectivity index (χ3n) is 3.82. The molecule has 6 nitrogen and oxygen atoms in total. The lowest BCUT2D eigenvalue weighted by molar-refractivity contribution is 0.0655. The molecule has 1 atom stereocenters. The van der Waals surface area contributed by atoms with Gasteiger partial charge in [0.1, 0.15) is 11.5 Å². The lowest BCUT2D eigenvalue weighted by atomic mass is 9.99. The summed E-state index contributed by atoms with van der Waals surface area (Å²) in [7, 11) is -3.81. The average molecular weight is 393 g/mol. The molecule has 26 heavy (non-hydrogen) atoms. The minimum absolute atomic E-state index is 0.0916. The van der Waals surface area contributed by atoms with Crippen LogP contribution in [0.25, 0.3) is 0 Å². The van der Waals surface area contributed by atoms with E-state index in [4.69, 9.17) is 9.15 Å². The zero-order chi connectivity index (χ0) is 18.6. The zero-order valence-electron chi connectivity index (χ0n) is 14.1. The molecule has 0 aliphatic heterocycles. The summed E-state index contributed by atoms with van der Waals surface area (Å²) in [5.41, 5.74) is -1.59. The Hall–Kier alpha value is -2.13. The summed E-state index contributed by atoms with van der Waals surface area (Å²) in [5.74, 6) is 0.867. The summed E-state index contributed by atoms with van der Waals surface area (Å²) in [6.45, 7) is 2.10. The minimum atomic E-state index is -3.81. The van der Waals surface area contributed by atoms with Gasteiger partial charge in [0.15, 0.2) is 5.60 Å². The lowest BCUT2D eigenvalue weighted by Gasteiger charge is -2.25. The Morgan fingerprint density at radius 2 is 1.96 bits per heavy atom. The number of hydrogen-bond acceptors (Lipinski definition) is 6.